The van der Waals surface area contributed by atoms with Crippen molar-refractivity contribution < 1.29 is 23.5 Å². The highest BCUT2D eigenvalue weighted by Crippen LogP contribution is 2.38. The summed E-state index contributed by atoms with van der Waals surface area (Å²) in [7, 11) is 1.55. The lowest BCUT2D eigenvalue weighted by Gasteiger charge is -2.25. The number of fused-ring (bicyclic) bond motifs is 2. The third kappa shape index (κ3) is 3.77. The van der Waals surface area contributed by atoms with E-state index in [9.17, 15) is 14.4 Å². The molecular weight excluding hydrogens is 400 g/mol. The molecule has 0 saturated carbocycles. The van der Waals surface area contributed by atoms with Crippen LogP contribution in [-0.4, -0.2) is 43.6 Å². The van der Waals surface area contributed by atoms with Crippen LogP contribution >= 0.6 is 0 Å². The zero-order chi connectivity index (χ0) is 22.1. The van der Waals surface area contributed by atoms with Gasteiger partial charge in [0.2, 0.25) is 5.76 Å². The summed E-state index contributed by atoms with van der Waals surface area (Å²) in [5, 5.41) is 0.437. The summed E-state index contributed by atoms with van der Waals surface area (Å²) in [6.07, 6.45) is 0. The van der Waals surface area contributed by atoms with Crippen molar-refractivity contribution >= 4 is 22.8 Å². The minimum Gasteiger partial charge on any atom is -0.484 e. The summed E-state index contributed by atoms with van der Waals surface area (Å²) in [6.45, 7) is 2.26. The van der Waals surface area contributed by atoms with Crippen LogP contribution in [0.15, 0.2) is 51.7 Å². The number of primary amides is 1. The monoisotopic (exact) mass is 422 g/mol. The second kappa shape index (κ2) is 8.23. The van der Waals surface area contributed by atoms with Gasteiger partial charge in [-0.1, -0.05) is 23.8 Å². The third-order valence-corrected chi connectivity index (χ3v) is 5.23. The molecule has 31 heavy (non-hydrogen) atoms. The number of carbonyl (C=O) groups excluding carboxylic acids is 2. The smallest absolute Gasteiger partial charge is 0.290 e. The van der Waals surface area contributed by atoms with Crippen molar-refractivity contribution in [3.05, 3.63) is 75.1 Å². The summed E-state index contributed by atoms with van der Waals surface area (Å²) >= 11 is 0. The molecule has 1 atom stereocenters. The molecule has 8 nitrogen and oxygen atoms in total. The molecule has 2 N–H and O–H groups in total. The minimum atomic E-state index is -0.621. The Morgan fingerprint density at radius 2 is 1.90 bits per heavy atom. The second-order valence-electron chi connectivity index (χ2n) is 7.39. The number of carbonyl (C=O) groups is 2. The van der Waals surface area contributed by atoms with E-state index >= 15 is 0 Å². The predicted molar refractivity (Wildman–Crippen MR) is 113 cm³/mol. The highest BCUT2D eigenvalue weighted by Gasteiger charge is 2.42. The van der Waals surface area contributed by atoms with Crippen molar-refractivity contribution in [2.75, 3.05) is 26.9 Å². The van der Waals surface area contributed by atoms with Gasteiger partial charge in [0.15, 0.2) is 12.0 Å². The maximum absolute atomic E-state index is 13.4. The number of methoxy groups -OCH3 is 1. The van der Waals surface area contributed by atoms with Crippen LogP contribution in [0, 0.1) is 6.92 Å². The van der Waals surface area contributed by atoms with Gasteiger partial charge in [-0.15, -0.1) is 0 Å². The van der Waals surface area contributed by atoms with Gasteiger partial charge in [-0.05, 0) is 36.8 Å². The van der Waals surface area contributed by atoms with E-state index in [1.54, 1.807) is 48.4 Å². The van der Waals surface area contributed by atoms with Gasteiger partial charge in [0, 0.05) is 13.7 Å². The van der Waals surface area contributed by atoms with Crippen LogP contribution in [0.25, 0.3) is 11.0 Å². The van der Waals surface area contributed by atoms with Crippen LogP contribution in [0.5, 0.6) is 5.75 Å². The van der Waals surface area contributed by atoms with Crippen molar-refractivity contribution in [2.24, 2.45) is 5.73 Å². The van der Waals surface area contributed by atoms with Gasteiger partial charge in [-0.2, -0.15) is 0 Å². The summed E-state index contributed by atoms with van der Waals surface area (Å²) in [5.74, 6) is -0.427. The minimum absolute atomic E-state index is 0.0523. The lowest BCUT2D eigenvalue weighted by Crippen LogP contribution is -2.32. The Bertz CT molecular complexity index is 1220. The topological polar surface area (TPSA) is 112 Å². The number of benzene rings is 2. The van der Waals surface area contributed by atoms with Crippen LogP contribution in [-0.2, 0) is 9.53 Å². The molecule has 0 bridgehead atoms. The molecule has 4 rings (SSSR count). The average Bonchev–Trinajstić information content (AvgIpc) is 3.03. The molecule has 3 aromatic rings. The first-order valence-electron chi connectivity index (χ1n) is 9.79. The molecule has 2 aromatic carbocycles. The number of nitrogens with zero attached hydrogens (tertiary/aromatic N) is 1. The van der Waals surface area contributed by atoms with E-state index in [4.69, 9.17) is 19.6 Å². The van der Waals surface area contributed by atoms with E-state index in [0.717, 1.165) is 5.56 Å². The Balaban J connectivity index is 1.82. The Morgan fingerprint density at radius 1 is 1.16 bits per heavy atom. The molecule has 0 saturated heterocycles. The molecule has 0 spiro atoms. The Hall–Kier alpha value is -3.65. The molecule has 1 aliphatic heterocycles. The number of hydrogen-bond donors (Lipinski definition) is 1. The number of rotatable bonds is 7. The second-order valence-corrected chi connectivity index (χ2v) is 7.39. The molecule has 8 heteroatoms. The van der Waals surface area contributed by atoms with Crippen LogP contribution in [0.3, 0.4) is 0 Å². The fourth-order valence-corrected chi connectivity index (χ4v) is 3.80. The average molecular weight is 422 g/mol. The fraction of sp³-hybridized carbons (Fsp3) is 0.261. The highest BCUT2D eigenvalue weighted by molar-refractivity contribution is 5.99. The zero-order valence-corrected chi connectivity index (χ0v) is 17.2. The zero-order valence-electron chi connectivity index (χ0n) is 17.2. The van der Waals surface area contributed by atoms with Crippen LogP contribution in [0.1, 0.15) is 33.3 Å². The van der Waals surface area contributed by atoms with Gasteiger partial charge in [0.1, 0.15) is 11.3 Å². The van der Waals surface area contributed by atoms with E-state index in [1.165, 1.54) is 0 Å². The SMILES string of the molecule is COCCN1C(=O)c2oc3ccc(C)cc3c(=O)c2[C@H]1c1ccc(OCC(N)=O)cc1. The number of amides is 2. The molecular formula is C23H22N2O6. The lowest BCUT2D eigenvalue weighted by atomic mass is 9.98. The summed E-state index contributed by atoms with van der Waals surface area (Å²) < 4.78 is 16.4. The van der Waals surface area contributed by atoms with Crippen LogP contribution in [0.4, 0.5) is 0 Å². The van der Waals surface area contributed by atoms with Gasteiger partial charge in [-0.3, -0.25) is 14.4 Å². The summed E-state index contributed by atoms with van der Waals surface area (Å²) in [4.78, 5) is 39.1. The molecule has 0 unspecified atom stereocenters. The fourth-order valence-electron chi connectivity index (χ4n) is 3.80. The Labute approximate surface area is 178 Å². The van der Waals surface area contributed by atoms with Gasteiger partial charge >= 0.3 is 0 Å². The molecule has 2 amide bonds. The summed E-state index contributed by atoms with van der Waals surface area (Å²) in [6, 6.07) is 11.5. The van der Waals surface area contributed by atoms with Crippen molar-refractivity contribution in [3.8, 4) is 5.75 Å². The molecule has 0 aliphatic carbocycles. The Kier molecular flexibility index (Phi) is 5.48. The number of ether oxygens (including phenoxy) is 2. The lowest BCUT2D eigenvalue weighted by molar-refractivity contribution is -0.119. The first-order valence-corrected chi connectivity index (χ1v) is 9.79. The van der Waals surface area contributed by atoms with E-state index < -0.39 is 11.9 Å². The molecule has 0 radical (unpaired) electrons. The highest BCUT2D eigenvalue weighted by atomic mass is 16.5. The molecule has 2 heterocycles. The first-order chi connectivity index (χ1) is 14.9. The van der Waals surface area contributed by atoms with E-state index in [1.807, 2.05) is 13.0 Å². The molecule has 1 aromatic heterocycles. The van der Waals surface area contributed by atoms with Gasteiger partial charge in [0.05, 0.1) is 23.6 Å². The van der Waals surface area contributed by atoms with Crippen molar-refractivity contribution in [3.63, 3.8) is 0 Å². The molecule has 160 valence electrons. The van der Waals surface area contributed by atoms with Gasteiger partial charge in [-0.25, -0.2) is 0 Å². The number of hydrogen-bond acceptors (Lipinski definition) is 6. The predicted octanol–water partition coefficient (Wildman–Crippen LogP) is 2.16. The maximum Gasteiger partial charge on any atom is 0.290 e. The maximum atomic E-state index is 13.4. The van der Waals surface area contributed by atoms with Crippen molar-refractivity contribution in [1.82, 2.24) is 4.90 Å². The Morgan fingerprint density at radius 3 is 2.58 bits per heavy atom. The molecule has 1 aliphatic rings. The number of aryl methyl sites for hydroxylation is 1. The van der Waals surface area contributed by atoms with Gasteiger partial charge in [0.25, 0.3) is 11.8 Å². The largest absolute Gasteiger partial charge is 0.484 e. The van der Waals surface area contributed by atoms with Crippen LogP contribution in [0.2, 0.25) is 0 Å². The standard InChI is InChI=1S/C23H22N2O6/c1-13-3-8-17-16(11-13)21(27)19-20(25(9-10-29-2)23(28)22(19)31-17)14-4-6-15(7-5-14)30-12-18(24)26/h3-8,11,20H,9-10,12H2,1-2H3,(H2,24,26)/t20-/m1/s1. The van der Waals surface area contributed by atoms with Crippen molar-refractivity contribution in [1.29, 1.82) is 0 Å². The van der Waals surface area contributed by atoms with E-state index in [-0.39, 0.29) is 23.7 Å². The molecule has 0 fully saturated rings. The van der Waals surface area contributed by atoms with Crippen molar-refractivity contribution in [2.45, 2.75) is 13.0 Å². The number of nitrogens with two attached hydrogens (primary N) is 1. The quantitative estimate of drug-likeness (QED) is 0.624. The van der Waals surface area contributed by atoms with E-state index in [2.05, 4.69) is 0 Å². The summed E-state index contributed by atoms with van der Waals surface area (Å²) in [5.41, 5.74) is 7.21. The first kappa shape index (κ1) is 20.6. The normalized spacial score (nSPS) is 15.4. The van der Waals surface area contributed by atoms with E-state index in [0.29, 0.717) is 41.0 Å². The third-order valence-electron chi connectivity index (χ3n) is 5.23. The van der Waals surface area contributed by atoms with Gasteiger partial charge < -0.3 is 24.5 Å². The van der Waals surface area contributed by atoms with Crippen LogP contribution < -0.4 is 15.9 Å².